The molecule has 3 rings (SSSR count). The number of carboxylic acids is 1. The lowest BCUT2D eigenvalue weighted by Crippen LogP contribution is -2.75. The molecular formula is C14H18N5O4+. The molecule has 0 saturated carbocycles. The Morgan fingerprint density at radius 1 is 1.57 bits per heavy atom. The number of nitrogens with one attached hydrogen (secondary N) is 1. The maximum Gasteiger partial charge on any atom is 0.346 e. The summed E-state index contributed by atoms with van der Waals surface area (Å²) in [4.78, 5) is 20.1. The summed E-state index contributed by atoms with van der Waals surface area (Å²) < 4.78 is 3.03. The van der Waals surface area contributed by atoms with Gasteiger partial charge in [-0.2, -0.15) is 0 Å². The van der Waals surface area contributed by atoms with E-state index in [1.807, 2.05) is 0 Å². The molecule has 0 bridgehead atoms. The summed E-state index contributed by atoms with van der Waals surface area (Å²) in [6.07, 6.45) is 2.99. The van der Waals surface area contributed by atoms with Gasteiger partial charge in [-0.1, -0.05) is 11.1 Å². The van der Waals surface area contributed by atoms with E-state index >= 15 is 0 Å². The lowest BCUT2D eigenvalue weighted by atomic mass is 9.85. The van der Waals surface area contributed by atoms with Crippen molar-refractivity contribution in [2.45, 2.75) is 37.8 Å². The van der Waals surface area contributed by atoms with Gasteiger partial charge in [-0.05, 0) is 6.92 Å². The molecule has 3 atom stereocenters. The van der Waals surface area contributed by atoms with Crippen molar-refractivity contribution in [2.24, 2.45) is 0 Å². The molecule has 2 aromatic rings. The van der Waals surface area contributed by atoms with Crippen LogP contribution < -0.4 is 9.88 Å². The van der Waals surface area contributed by atoms with Crippen LogP contribution in [-0.4, -0.2) is 47.5 Å². The molecule has 1 aliphatic heterocycles. The highest BCUT2D eigenvalue weighted by atomic mass is 16.4. The Balaban J connectivity index is 2.28. The van der Waals surface area contributed by atoms with Gasteiger partial charge in [0.2, 0.25) is 23.2 Å². The van der Waals surface area contributed by atoms with E-state index < -0.39 is 23.3 Å². The highest BCUT2D eigenvalue weighted by Gasteiger charge is 2.59. The number of carbonyl (C=O) groups is 1. The number of fused-ring (bicyclic) bond motifs is 3. The Hall–Kier alpha value is -2.52. The molecule has 0 unspecified atom stereocenters. The molecule has 9 nitrogen and oxygen atoms in total. The Bertz CT molecular complexity index is 815. The van der Waals surface area contributed by atoms with Crippen molar-refractivity contribution < 1.29 is 24.7 Å². The number of aliphatic carboxylic acids is 1. The van der Waals surface area contributed by atoms with Gasteiger partial charge in [-0.3, -0.25) is 9.88 Å². The first-order chi connectivity index (χ1) is 10.7. The molecule has 0 amide bonds. The maximum atomic E-state index is 11.6. The zero-order chi connectivity index (χ0) is 17.0. The average Bonchev–Trinajstić information content (AvgIpc) is 2.89. The molecule has 0 aromatic carbocycles. The number of hydrogen-bond donors (Lipinski definition) is 4. The summed E-state index contributed by atoms with van der Waals surface area (Å²) in [6, 6.07) is 0. The Morgan fingerprint density at radius 3 is 2.87 bits per heavy atom. The highest BCUT2D eigenvalue weighted by Crippen LogP contribution is 2.33. The van der Waals surface area contributed by atoms with Crippen molar-refractivity contribution in [3.8, 4) is 0 Å². The van der Waals surface area contributed by atoms with E-state index in [1.54, 1.807) is 17.0 Å². The zero-order valence-corrected chi connectivity index (χ0v) is 12.8. The fraction of sp³-hybridized carbons (Fsp3) is 0.429. The SMILES string of the molecule is C=CCn1cnc2c3[n+](cnc21)[C@@](C)(O)[C@@H](O)[C@@](C)(C(=O)O)N3. The van der Waals surface area contributed by atoms with Gasteiger partial charge >= 0.3 is 5.97 Å². The van der Waals surface area contributed by atoms with Crippen LogP contribution in [0.25, 0.3) is 11.2 Å². The van der Waals surface area contributed by atoms with E-state index in [1.165, 1.54) is 24.7 Å². The minimum atomic E-state index is -1.86. The predicted octanol–water partition coefficient (Wildman–Crippen LogP) is -0.800. The molecule has 2 aromatic heterocycles. The number of aliphatic hydroxyl groups excluding tert-OH is 1. The summed E-state index contributed by atoms with van der Waals surface area (Å²) in [7, 11) is 0. The van der Waals surface area contributed by atoms with Crippen molar-refractivity contribution in [1.29, 1.82) is 0 Å². The molecule has 122 valence electrons. The fourth-order valence-electron chi connectivity index (χ4n) is 2.86. The third-order valence-corrected chi connectivity index (χ3v) is 4.27. The van der Waals surface area contributed by atoms with Gasteiger partial charge in [0.15, 0.2) is 11.6 Å². The number of carboxylic acid groups (broad SMARTS) is 1. The first kappa shape index (κ1) is 15.4. The van der Waals surface area contributed by atoms with Crippen LogP contribution in [0.2, 0.25) is 0 Å². The van der Waals surface area contributed by atoms with Gasteiger partial charge in [0.05, 0.1) is 6.33 Å². The normalized spacial score (nSPS) is 29.8. The van der Waals surface area contributed by atoms with Crippen LogP contribution in [0.4, 0.5) is 5.82 Å². The third kappa shape index (κ3) is 1.93. The summed E-state index contributed by atoms with van der Waals surface area (Å²) >= 11 is 0. The summed E-state index contributed by atoms with van der Waals surface area (Å²) in [5, 5.41) is 33.3. The quantitative estimate of drug-likeness (QED) is 0.431. The zero-order valence-electron chi connectivity index (χ0n) is 12.8. The standard InChI is InChI=1S/C14H17N5O4/c1-4-5-18-6-15-8-9(18)16-7-19-10(8)17-13(2,12(21)22)11(20)14(19,3)23/h4,6-7,11,20,23H,1,5H2,2-3H3,(H,21,22)/p+1/t11-,13-,14-/m0/s1. The van der Waals surface area contributed by atoms with Gasteiger partial charge in [-0.25, -0.2) is 14.3 Å². The van der Waals surface area contributed by atoms with E-state index in [-0.39, 0.29) is 5.82 Å². The van der Waals surface area contributed by atoms with E-state index in [9.17, 15) is 20.1 Å². The minimum absolute atomic E-state index is 0.276. The van der Waals surface area contributed by atoms with Gasteiger partial charge in [0.1, 0.15) is 0 Å². The number of nitrogens with zero attached hydrogens (tertiary/aromatic N) is 4. The predicted molar refractivity (Wildman–Crippen MR) is 79.5 cm³/mol. The van der Waals surface area contributed by atoms with Crippen LogP contribution in [0.5, 0.6) is 0 Å². The number of aliphatic hydroxyl groups is 2. The van der Waals surface area contributed by atoms with Crippen molar-refractivity contribution in [1.82, 2.24) is 14.5 Å². The lowest BCUT2D eigenvalue weighted by Gasteiger charge is -2.41. The smallest absolute Gasteiger partial charge is 0.346 e. The van der Waals surface area contributed by atoms with E-state index in [0.29, 0.717) is 17.7 Å². The van der Waals surface area contributed by atoms with Crippen LogP contribution in [0.3, 0.4) is 0 Å². The molecular weight excluding hydrogens is 302 g/mol. The van der Waals surface area contributed by atoms with Crippen molar-refractivity contribution >= 4 is 23.0 Å². The molecule has 0 fully saturated rings. The van der Waals surface area contributed by atoms with Crippen LogP contribution in [-0.2, 0) is 17.1 Å². The van der Waals surface area contributed by atoms with Crippen molar-refractivity contribution in [3.63, 3.8) is 0 Å². The topological polar surface area (TPSA) is 124 Å². The van der Waals surface area contributed by atoms with E-state index in [4.69, 9.17) is 0 Å². The van der Waals surface area contributed by atoms with Crippen LogP contribution in [0, 0.1) is 0 Å². The molecule has 1 aliphatic rings. The van der Waals surface area contributed by atoms with E-state index in [2.05, 4.69) is 21.9 Å². The number of rotatable bonds is 3. The first-order valence-electron chi connectivity index (χ1n) is 7.02. The summed E-state index contributed by atoms with van der Waals surface area (Å²) in [5.41, 5.74) is -2.73. The molecule has 0 spiro atoms. The highest BCUT2D eigenvalue weighted by molar-refractivity contribution is 5.88. The number of hydrogen-bond acceptors (Lipinski definition) is 6. The van der Waals surface area contributed by atoms with Gasteiger partial charge in [-0.15, -0.1) is 6.58 Å². The summed E-state index contributed by atoms with van der Waals surface area (Å²) in [5.74, 6) is -1.01. The second kappa shape index (κ2) is 4.74. The van der Waals surface area contributed by atoms with Crippen molar-refractivity contribution in [2.75, 3.05) is 5.32 Å². The van der Waals surface area contributed by atoms with Crippen LogP contribution >= 0.6 is 0 Å². The second-order valence-electron chi connectivity index (χ2n) is 5.95. The molecule has 23 heavy (non-hydrogen) atoms. The van der Waals surface area contributed by atoms with Crippen LogP contribution in [0.1, 0.15) is 13.8 Å². The van der Waals surface area contributed by atoms with Gasteiger partial charge in [0.25, 0.3) is 5.82 Å². The molecule has 9 heteroatoms. The van der Waals surface area contributed by atoms with Crippen LogP contribution in [0.15, 0.2) is 25.3 Å². The molecule has 0 radical (unpaired) electrons. The second-order valence-corrected chi connectivity index (χ2v) is 5.95. The summed E-state index contributed by atoms with van der Waals surface area (Å²) in [6.45, 7) is 6.79. The Labute approximate surface area is 131 Å². The lowest BCUT2D eigenvalue weighted by molar-refractivity contribution is -0.807. The fourth-order valence-corrected chi connectivity index (χ4v) is 2.86. The molecule has 4 N–H and O–H groups in total. The minimum Gasteiger partial charge on any atom is -0.478 e. The number of imidazole rings is 1. The van der Waals surface area contributed by atoms with E-state index in [0.717, 1.165) is 0 Å². The third-order valence-electron chi connectivity index (χ3n) is 4.27. The molecule has 0 aliphatic carbocycles. The van der Waals surface area contributed by atoms with Gasteiger partial charge < -0.3 is 15.3 Å². The first-order valence-corrected chi connectivity index (χ1v) is 7.02. The number of aromatic nitrogens is 4. The molecule has 0 saturated heterocycles. The largest absolute Gasteiger partial charge is 0.478 e. The van der Waals surface area contributed by atoms with Crippen molar-refractivity contribution in [3.05, 3.63) is 25.3 Å². The number of anilines is 1. The monoisotopic (exact) mass is 320 g/mol. The Morgan fingerprint density at radius 2 is 2.26 bits per heavy atom. The number of allylic oxidation sites excluding steroid dienone is 1. The maximum absolute atomic E-state index is 11.6. The average molecular weight is 320 g/mol. The Kier molecular flexibility index (Phi) is 3.17. The molecule has 3 heterocycles. The van der Waals surface area contributed by atoms with Gasteiger partial charge in [0, 0.05) is 13.5 Å².